The highest BCUT2D eigenvalue weighted by atomic mass is 19.2. The molecule has 55 heavy (non-hydrogen) atoms. The molecule has 5 atom stereocenters. The Balaban J connectivity index is 1.21. The van der Waals surface area contributed by atoms with Gasteiger partial charge in [-0.25, -0.2) is 22.0 Å². The van der Waals surface area contributed by atoms with E-state index in [4.69, 9.17) is 9.47 Å². The second-order valence-corrected chi connectivity index (χ2v) is 13.6. The second kappa shape index (κ2) is 17.1. The van der Waals surface area contributed by atoms with Gasteiger partial charge in [0.2, 0.25) is 5.82 Å². The molecule has 5 unspecified atom stereocenters. The van der Waals surface area contributed by atoms with E-state index in [1.54, 1.807) is 36.4 Å². The molecule has 0 aliphatic carbocycles. The van der Waals surface area contributed by atoms with E-state index in [1.165, 1.54) is 12.1 Å². The lowest BCUT2D eigenvalue weighted by Gasteiger charge is -2.42. The number of hydrogen-bond donors (Lipinski definition) is 4. The maximum Gasteiger partial charge on any atom is 0.257 e. The van der Waals surface area contributed by atoms with Crippen LogP contribution in [0.1, 0.15) is 63.6 Å². The van der Waals surface area contributed by atoms with Gasteiger partial charge in [0.05, 0.1) is 24.9 Å². The van der Waals surface area contributed by atoms with E-state index in [0.29, 0.717) is 34.4 Å². The number of halogens is 5. The molecule has 1 heterocycles. The molecule has 0 aromatic heterocycles. The molecule has 0 bridgehead atoms. The Hall–Kier alpha value is -5.18. The van der Waals surface area contributed by atoms with Gasteiger partial charge in [0, 0.05) is 31.1 Å². The van der Waals surface area contributed by atoms with Crippen molar-refractivity contribution in [2.24, 2.45) is 5.92 Å². The number of nitrogens with zero attached hydrogens (tertiary/aromatic N) is 1. The first-order valence-electron chi connectivity index (χ1n) is 17.5. The lowest BCUT2D eigenvalue weighted by atomic mass is 9.90. The van der Waals surface area contributed by atoms with Gasteiger partial charge < -0.3 is 35.0 Å². The van der Waals surface area contributed by atoms with Gasteiger partial charge in [-0.1, -0.05) is 91.9 Å². The largest absolute Gasteiger partial charge is 0.508 e. The highest BCUT2D eigenvalue weighted by Crippen LogP contribution is 2.42. The van der Waals surface area contributed by atoms with E-state index in [2.05, 4.69) is 5.32 Å². The highest BCUT2D eigenvalue weighted by molar-refractivity contribution is 5.95. The van der Waals surface area contributed by atoms with Crippen LogP contribution in [0.5, 0.6) is 5.75 Å². The quantitative estimate of drug-likeness (QED) is 0.0588. The standard InChI is InChI=1S/C42H39F5N2O6/c1-23-33(21-49(2)20-32(52)28-7-5-8-30(51)18-28)54-42(55-40(23)26-12-10-24(22-50)11-13-26)27-16-14-25(15-17-27)31-9-4-3-6-29(31)19-48-41(53)34-35(43)37(45)39(47)38(46)36(34)44/h3-18,23,32-33,40,42,50-52H,19-22H2,1-2H3,(H,48,53). The van der Waals surface area contributed by atoms with E-state index >= 15 is 0 Å². The molecule has 0 saturated carbocycles. The molecule has 1 amide bonds. The normalized spacial score (nSPS) is 19.0. The summed E-state index contributed by atoms with van der Waals surface area (Å²) < 4.78 is 82.7. The van der Waals surface area contributed by atoms with Crippen LogP contribution >= 0.6 is 0 Å². The Morgan fingerprint density at radius 3 is 2.11 bits per heavy atom. The van der Waals surface area contributed by atoms with Crippen molar-refractivity contribution in [3.63, 3.8) is 0 Å². The monoisotopic (exact) mass is 762 g/mol. The Kier molecular flexibility index (Phi) is 12.3. The second-order valence-electron chi connectivity index (χ2n) is 13.6. The van der Waals surface area contributed by atoms with Gasteiger partial charge in [0.25, 0.3) is 5.91 Å². The molecule has 0 radical (unpaired) electrons. The van der Waals surface area contributed by atoms with Gasteiger partial charge in [-0.2, -0.15) is 0 Å². The van der Waals surface area contributed by atoms with Crippen LogP contribution in [-0.2, 0) is 22.6 Å². The molecular weight excluding hydrogens is 723 g/mol. The maximum absolute atomic E-state index is 14.3. The zero-order chi connectivity index (χ0) is 39.4. The SMILES string of the molecule is CC1C(CN(C)CC(O)c2cccc(O)c2)OC(c2ccc(-c3ccccc3CNC(=O)c3c(F)c(F)c(F)c(F)c3F)cc2)OC1c1ccc(CO)cc1. The Morgan fingerprint density at radius 1 is 0.818 bits per heavy atom. The average molecular weight is 763 g/mol. The molecule has 5 aromatic carbocycles. The molecular formula is C42H39F5N2O6. The van der Waals surface area contributed by atoms with Gasteiger partial charge in [0.1, 0.15) is 11.3 Å². The number of phenolic OH excluding ortho intramolecular Hbond substituents is 1. The number of likely N-dealkylation sites (N-methyl/N-ethyl adjacent to an activating group) is 1. The fourth-order valence-electron chi connectivity index (χ4n) is 6.69. The summed E-state index contributed by atoms with van der Waals surface area (Å²) in [6.45, 7) is 2.35. The number of amides is 1. The average Bonchev–Trinajstić information content (AvgIpc) is 3.19. The van der Waals surface area contributed by atoms with Crippen molar-refractivity contribution < 1.29 is 51.5 Å². The summed E-state index contributed by atoms with van der Waals surface area (Å²) in [5, 5.41) is 32.6. The molecule has 1 fully saturated rings. The fraction of sp³-hybridized carbons (Fsp3) is 0.262. The minimum absolute atomic E-state index is 0.0608. The van der Waals surface area contributed by atoms with Crippen LogP contribution in [0.15, 0.2) is 97.1 Å². The number of carbonyl (C=O) groups excluding carboxylic acids is 1. The van der Waals surface area contributed by atoms with E-state index in [1.807, 2.05) is 67.4 Å². The number of phenols is 1. The lowest BCUT2D eigenvalue weighted by Crippen LogP contribution is -2.44. The third kappa shape index (κ3) is 8.71. The van der Waals surface area contributed by atoms with Crippen LogP contribution in [0.2, 0.25) is 0 Å². The third-order valence-electron chi connectivity index (χ3n) is 9.74. The summed E-state index contributed by atoms with van der Waals surface area (Å²) in [5.74, 6) is -12.8. The van der Waals surface area contributed by atoms with Crippen molar-refractivity contribution in [1.29, 1.82) is 0 Å². The van der Waals surface area contributed by atoms with Crippen LogP contribution in [-0.4, -0.2) is 52.4 Å². The summed E-state index contributed by atoms with van der Waals surface area (Å²) in [7, 11) is 1.87. The minimum Gasteiger partial charge on any atom is -0.508 e. The predicted octanol–water partition coefficient (Wildman–Crippen LogP) is 7.63. The Labute approximate surface area is 314 Å². The van der Waals surface area contributed by atoms with Crippen LogP contribution in [0.25, 0.3) is 11.1 Å². The summed E-state index contributed by atoms with van der Waals surface area (Å²) in [6.07, 6.45) is -2.42. The van der Waals surface area contributed by atoms with E-state index in [-0.39, 0.29) is 37.5 Å². The topological polar surface area (TPSA) is 111 Å². The number of benzene rings is 5. The molecule has 6 rings (SSSR count). The Bertz CT molecular complexity index is 2110. The van der Waals surface area contributed by atoms with Gasteiger partial charge in [0.15, 0.2) is 29.6 Å². The minimum atomic E-state index is -2.35. The predicted molar refractivity (Wildman–Crippen MR) is 193 cm³/mol. The van der Waals surface area contributed by atoms with E-state index in [0.717, 1.165) is 11.1 Å². The molecule has 8 nitrogen and oxygen atoms in total. The molecule has 13 heteroatoms. The number of nitrogens with one attached hydrogen (secondary N) is 1. The first kappa shape index (κ1) is 39.5. The zero-order valence-corrected chi connectivity index (χ0v) is 29.9. The van der Waals surface area contributed by atoms with Crippen molar-refractivity contribution >= 4 is 5.91 Å². The first-order chi connectivity index (χ1) is 26.4. The summed E-state index contributed by atoms with van der Waals surface area (Å²) in [4.78, 5) is 14.6. The summed E-state index contributed by atoms with van der Waals surface area (Å²) in [6, 6.07) is 28.0. The van der Waals surface area contributed by atoms with Gasteiger partial charge >= 0.3 is 0 Å². The molecule has 1 saturated heterocycles. The number of aromatic hydroxyl groups is 1. The summed E-state index contributed by atoms with van der Waals surface area (Å²) >= 11 is 0. The molecule has 1 aliphatic heterocycles. The van der Waals surface area contributed by atoms with Crippen molar-refractivity contribution in [3.05, 3.63) is 160 Å². The molecule has 1 aliphatic rings. The van der Waals surface area contributed by atoms with Crippen molar-refractivity contribution in [2.45, 2.75) is 44.7 Å². The molecule has 4 N–H and O–H groups in total. The number of hydrogen-bond acceptors (Lipinski definition) is 7. The third-order valence-corrected chi connectivity index (χ3v) is 9.74. The van der Waals surface area contributed by atoms with Crippen molar-refractivity contribution in [1.82, 2.24) is 10.2 Å². The van der Waals surface area contributed by atoms with Crippen LogP contribution in [0, 0.1) is 35.0 Å². The number of ether oxygens (including phenoxy) is 2. The fourth-order valence-corrected chi connectivity index (χ4v) is 6.69. The lowest BCUT2D eigenvalue weighted by molar-refractivity contribution is -0.276. The molecule has 288 valence electrons. The van der Waals surface area contributed by atoms with Gasteiger partial charge in [-0.05, 0) is 52.6 Å². The number of aliphatic hydroxyl groups excluding tert-OH is 2. The highest BCUT2D eigenvalue weighted by Gasteiger charge is 2.39. The number of aliphatic hydroxyl groups is 2. The summed E-state index contributed by atoms with van der Waals surface area (Å²) in [5.41, 5.74) is 3.19. The van der Waals surface area contributed by atoms with Gasteiger partial charge in [-0.15, -0.1) is 0 Å². The number of rotatable bonds is 12. The van der Waals surface area contributed by atoms with Gasteiger partial charge in [-0.3, -0.25) is 4.79 Å². The van der Waals surface area contributed by atoms with Crippen molar-refractivity contribution in [2.75, 3.05) is 20.1 Å². The number of carbonyl (C=O) groups is 1. The molecule has 5 aromatic rings. The smallest absolute Gasteiger partial charge is 0.257 e. The van der Waals surface area contributed by atoms with E-state index < -0.39 is 59.1 Å². The van der Waals surface area contributed by atoms with Crippen LogP contribution in [0.3, 0.4) is 0 Å². The Morgan fingerprint density at radius 2 is 1.45 bits per heavy atom. The zero-order valence-electron chi connectivity index (χ0n) is 29.9. The van der Waals surface area contributed by atoms with Crippen LogP contribution < -0.4 is 5.32 Å². The first-order valence-corrected chi connectivity index (χ1v) is 17.5. The maximum atomic E-state index is 14.3. The van der Waals surface area contributed by atoms with Crippen molar-refractivity contribution in [3.8, 4) is 16.9 Å². The van der Waals surface area contributed by atoms with Crippen LogP contribution in [0.4, 0.5) is 22.0 Å². The van der Waals surface area contributed by atoms with E-state index in [9.17, 15) is 42.1 Å². The molecule has 0 spiro atoms.